The summed E-state index contributed by atoms with van der Waals surface area (Å²) in [7, 11) is 0. The maximum Gasteiger partial charge on any atom is 0.0540 e. The van der Waals surface area contributed by atoms with Crippen LogP contribution in [0.5, 0.6) is 0 Å². The Hall–Kier alpha value is -2.06. The maximum atomic E-state index is 9.88. The maximum absolute atomic E-state index is 9.88. The number of rotatable bonds is 8. The lowest BCUT2D eigenvalue weighted by Gasteiger charge is -2.26. The van der Waals surface area contributed by atoms with Gasteiger partial charge in [-0.25, -0.2) is 0 Å². The Bertz CT molecular complexity index is 1050. The lowest BCUT2D eigenvalue weighted by Crippen LogP contribution is -2.18. The quantitative estimate of drug-likeness (QED) is 0.361. The first-order chi connectivity index (χ1) is 16.7. The Morgan fingerprint density at radius 3 is 2.47 bits per heavy atom. The van der Waals surface area contributed by atoms with E-state index in [1.807, 2.05) is 0 Å². The van der Waals surface area contributed by atoms with Gasteiger partial charge < -0.3 is 9.67 Å². The molecular formula is C32H43NO. The molecule has 2 aromatic carbocycles. The molecule has 0 saturated heterocycles. The second-order valence-corrected chi connectivity index (χ2v) is 11.3. The summed E-state index contributed by atoms with van der Waals surface area (Å²) in [6, 6.07) is 18.3. The van der Waals surface area contributed by atoms with Crippen LogP contribution in [0, 0.1) is 18.8 Å². The van der Waals surface area contributed by atoms with Crippen molar-refractivity contribution in [2.75, 3.05) is 0 Å². The number of aliphatic hydroxyl groups is 1. The second kappa shape index (κ2) is 11.1. The van der Waals surface area contributed by atoms with Gasteiger partial charge in [0.25, 0.3) is 0 Å². The Kier molecular flexibility index (Phi) is 7.74. The van der Waals surface area contributed by atoms with Crippen LogP contribution in [0.15, 0.2) is 54.7 Å². The molecule has 1 heterocycles. The highest BCUT2D eigenvalue weighted by Crippen LogP contribution is 2.38. The summed E-state index contributed by atoms with van der Waals surface area (Å²) in [6.45, 7) is 3.39. The summed E-state index contributed by atoms with van der Waals surface area (Å²) in [5.74, 6) is 2.08. The minimum atomic E-state index is -0.0495. The van der Waals surface area contributed by atoms with Crippen LogP contribution in [-0.2, 0) is 6.54 Å². The number of hydrogen-bond acceptors (Lipinski definition) is 1. The molecule has 2 nitrogen and oxygen atoms in total. The van der Waals surface area contributed by atoms with Crippen molar-refractivity contribution >= 4 is 10.9 Å². The van der Waals surface area contributed by atoms with Gasteiger partial charge in [0.2, 0.25) is 0 Å². The molecule has 0 spiro atoms. The first-order valence-electron chi connectivity index (χ1n) is 14.0. The first-order valence-corrected chi connectivity index (χ1v) is 14.0. The summed E-state index contributed by atoms with van der Waals surface area (Å²) in [5.41, 5.74) is 5.77. The van der Waals surface area contributed by atoms with Gasteiger partial charge in [0.15, 0.2) is 0 Å². The molecule has 2 fully saturated rings. The van der Waals surface area contributed by atoms with Gasteiger partial charge >= 0.3 is 0 Å². The van der Waals surface area contributed by atoms with Crippen molar-refractivity contribution in [2.24, 2.45) is 11.8 Å². The Morgan fingerprint density at radius 2 is 1.68 bits per heavy atom. The molecule has 3 aromatic rings. The lowest BCUT2D eigenvalue weighted by atomic mass is 9.81. The molecule has 0 bridgehead atoms. The van der Waals surface area contributed by atoms with Gasteiger partial charge in [-0.2, -0.15) is 0 Å². The predicted octanol–water partition coefficient (Wildman–Crippen LogP) is 8.38. The van der Waals surface area contributed by atoms with E-state index in [0.717, 1.165) is 24.7 Å². The summed E-state index contributed by atoms with van der Waals surface area (Å²) in [4.78, 5) is 0. The smallest absolute Gasteiger partial charge is 0.0540 e. The van der Waals surface area contributed by atoms with E-state index in [9.17, 15) is 5.11 Å². The Morgan fingerprint density at radius 1 is 0.882 bits per heavy atom. The van der Waals surface area contributed by atoms with Crippen LogP contribution in [0.25, 0.3) is 10.9 Å². The molecule has 2 saturated carbocycles. The van der Waals surface area contributed by atoms with E-state index in [0.29, 0.717) is 5.92 Å². The SMILES string of the molecule is Cc1cccc(C(CCCC2CCC(O)CC2)c2cn(CC3CCCCC3)c3ccccc23)c1. The van der Waals surface area contributed by atoms with E-state index in [-0.39, 0.29) is 6.10 Å². The minimum Gasteiger partial charge on any atom is -0.393 e. The van der Waals surface area contributed by atoms with Crippen LogP contribution < -0.4 is 0 Å². The van der Waals surface area contributed by atoms with Crippen LogP contribution in [0.4, 0.5) is 0 Å². The fourth-order valence-electron chi connectivity index (χ4n) is 6.78. The van der Waals surface area contributed by atoms with E-state index in [1.54, 1.807) is 0 Å². The Balaban J connectivity index is 1.41. The highest BCUT2D eigenvalue weighted by Gasteiger charge is 2.23. The molecule has 1 aromatic heterocycles. The molecule has 182 valence electrons. The molecule has 2 aliphatic rings. The average molecular weight is 458 g/mol. The van der Waals surface area contributed by atoms with Crippen molar-refractivity contribution in [3.63, 3.8) is 0 Å². The topological polar surface area (TPSA) is 25.2 Å². The molecule has 0 amide bonds. The van der Waals surface area contributed by atoms with Crippen LogP contribution >= 0.6 is 0 Å². The van der Waals surface area contributed by atoms with Crippen molar-refractivity contribution < 1.29 is 5.11 Å². The van der Waals surface area contributed by atoms with Crippen LogP contribution in [0.1, 0.15) is 99.7 Å². The third kappa shape index (κ3) is 5.60. The van der Waals surface area contributed by atoms with E-state index in [2.05, 4.69) is 66.2 Å². The zero-order valence-electron chi connectivity index (χ0n) is 21.1. The summed E-state index contributed by atoms with van der Waals surface area (Å²) in [6.07, 6.45) is 17.7. The molecule has 2 heteroatoms. The lowest BCUT2D eigenvalue weighted by molar-refractivity contribution is 0.106. The molecule has 34 heavy (non-hydrogen) atoms. The molecule has 0 aliphatic heterocycles. The highest BCUT2D eigenvalue weighted by atomic mass is 16.3. The standard InChI is InChI=1S/C32H43NO/c1-24-9-7-13-27(21-24)29(15-8-12-25-17-19-28(34)20-18-25)31-23-33(22-26-10-3-2-4-11-26)32-16-6-5-14-30(31)32/h5-7,9,13-14,16,21,23,25-26,28-29,34H,2-4,8,10-12,15,17-20,22H2,1H3. The normalized spacial score (nSPS) is 22.8. The number of aryl methyl sites for hydroxylation is 1. The number of nitrogens with zero attached hydrogens (tertiary/aromatic N) is 1. The predicted molar refractivity (Wildman–Crippen MR) is 143 cm³/mol. The minimum absolute atomic E-state index is 0.0495. The van der Waals surface area contributed by atoms with Crippen LogP contribution in [0.2, 0.25) is 0 Å². The van der Waals surface area contributed by atoms with Crippen LogP contribution in [0.3, 0.4) is 0 Å². The fourth-order valence-corrected chi connectivity index (χ4v) is 6.78. The third-order valence-corrected chi connectivity index (χ3v) is 8.74. The average Bonchev–Trinajstić information content (AvgIpc) is 3.22. The fraction of sp³-hybridized carbons (Fsp3) is 0.562. The summed E-state index contributed by atoms with van der Waals surface area (Å²) >= 11 is 0. The van der Waals surface area contributed by atoms with E-state index >= 15 is 0 Å². The number of aromatic nitrogens is 1. The number of aliphatic hydroxyl groups excluding tert-OH is 1. The zero-order chi connectivity index (χ0) is 23.3. The van der Waals surface area contributed by atoms with Gasteiger partial charge in [-0.3, -0.25) is 0 Å². The molecule has 1 unspecified atom stereocenters. The van der Waals surface area contributed by atoms with Gasteiger partial charge in [0.05, 0.1) is 6.10 Å². The number of para-hydroxylation sites is 1. The molecule has 5 rings (SSSR count). The molecule has 2 aliphatic carbocycles. The van der Waals surface area contributed by atoms with Crippen molar-refractivity contribution in [3.8, 4) is 0 Å². The second-order valence-electron chi connectivity index (χ2n) is 11.3. The number of benzene rings is 2. The van der Waals surface area contributed by atoms with Gasteiger partial charge in [0, 0.05) is 29.6 Å². The van der Waals surface area contributed by atoms with Crippen molar-refractivity contribution in [1.29, 1.82) is 0 Å². The van der Waals surface area contributed by atoms with Crippen molar-refractivity contribution in [2.45, 2.75) is 103 Å². The first kappa shape index (κ1) is 23.7. The van der Waals surface area contributed by atoms with Gasteiger partial charge in [-0.05, 0) is 80.9 Å². The van der Waals surface area contributed by atoms with Crippen LogP contribution in [-0.4, -0.2) is 15.8 Å². The highest BCUT2D eigenvalue weighted by molar-refractivity contribution is 5.85. The van der Waals surface area contributed by atoms with E-state index < -0.39 is 0 Å². The zero-order valence-corrected chi connectivity index (χ0v) is 21.1. The largest absolute Gasteiger partial charge is 0.393 e. The van der Waals surface area contributed by atoms with Gasteiger partial charge in [-0.15, -0.1) is 0 Å². The van der Waals surface area contributed by atoms with Gasteiger partial charge in [-0.1, -0.05) is 80.1 Å². The number of hydrogen-bond donors (Lipinski definition) is 1. The van der Waals surface area contributed by atoms with Crippen molar-refractivity contribution in [1.82, 2.24) is 4.57 Å². The monoisotopic (exact) mass is 457 g/mol. The molecular weight excluding hydrogens is 414 g/mol. The van der Waals surface area contributed by atoms with E-state index in [1.165, 1.54) is 98.3 Å². The Labute approximate surface area is 206 Å². The summed E-state index contributed by atoms with van der Waals surface area (Å²) in [5, 5.41) is 11.3. The van der Waals surface area contributed by atoms with E-state index in [4.69, 9.17) is 0 Å². The number of fused-ring (bicyclic) bond motifs is 1. The molecule has 0 radical (unpaired) electrons. The van der Waals surface area contributed by atoms with Gasteiger partial charge in [0.1, 0.15) is 0 Å². The molecule has 1 N–H and O–H groups in total. The molecule has 1 atom stereocenters. The summed E-state index contributed by atoms with van der Waals surface area (Å²) < 4.78 is 2.59. The third-order valence-electron chi connectivity index (χ3n) is 8.74. The van der Waals surface area contributed by atoms with Crippen molar-refractivity contribution in [3.05, 3.63) is 71.4 Å².